The molecule has 1 aliphatic rings. The fourth-order valence-electron chi connectivity index (χ4n) is 2.99. The Morgan fingerprint density at radius 3 is 2.48 bits per heavy atom. The SMILES string of the molecule is CCCC(C)N1C(=O)C(C)(CC)NC1c1ccc(Cl)cc1. The number of carbonyl (C=O) groups excluding carboxylic acids is 1. The highest BCUT2D eigenvalue weighted by atomic mass is 35.5. The molecule has 1 fully saturated rings. The van der Waals surface area contributed by atoms with Crippen LogP contribution in [0.5, 0.6) is 0 Å². The summed E-state index contributed by atoms with van der Waals surface area (Å²) in [7, 11) is 0. The molecule has 0 bridgehead atoms. The van der Waals surface area contributed by atoms with E-state index in [1.165, 1.54) is 0 Å². The largest absolute Gasteiger partial charge is 0.319 e. The molecule has 3 atom stereocenters. The second-order valence-electron chi connectivity index (χ2n) is 6.13. The van der Waals surface area contributed by atoms with Crippen molar-refractivity contribution in [1.82, 2.24) is 10.2 Å². The number of rotatable bonds is 5. The van der Waals surface area contributed by atoms with E-state index in [0.29, 0.717) is 0 Å². The first kappa shape index (κ1) is 16.3. The fraction of sp³-hybridized carbons (Fsp3) is 0.588. The van der Waals surface area contributed by atoms with Crippen molar-refractivity contribution in [2.45, 2.75) is 64.7 Å². The molecule has 4 heteroatoms. The van der Waals surface area contributed by atoms with Gasteiger partial charge in [0, 0.05) is 11.1 Å². The highest BCUT2D eigenvalue weighted by Crippen LogP contribution is 2.35. The van der Waals surface area contributed by atoms with Crippen molar-refractivity contribution >= 4 is 17.5 Å². The summed E-state index contributed by atoms with van der Waals surface area (Å²) < 4.78 is 0. The Labute approximate surface area is 132 Å². The van der Waals surface area contributed by atoms with Crippen LogP contribution in [0.15, 0.2) is 24.3 Å². The zero-order valence-corrected chi connectivity index (χ0v) is 14.1. The zero-order valence-electron chi connectivity index (χ0n) is 13.3. The first-order valence-electron chi connectivity index (χ1n) is 7.79. The minimum atomic E-state index is -0.480. The topological polar surface area (TPSA) is 32.3 Å². The maximum absolute atomic E-state index is 12.9. The van der Waals surface area contributed by atoms with Gasteiger partial charge in [0.05, 0.1) is 5.54 Å². The maximum atomic E-state index is 12.9. The summed E-state index contributed by atoms with van der Waals surface area (Å²) in [5.74, 6) is 0.200. The number of nitrogens with one attached hydrogen (secondary N) is 1. The van der Waals surface area contributed by atoms with E-state index in [9.17, 15) is 4.79 Å². The standard InChI is InChI=1S/C17H25ClN2O/c1-5-7-12(3)20-15(13-8-10-14(18)11-9-13)19-17(4,6-2)16(20)21/h8-12,15,19H,5-7H2,1-4H3. The molecule has 1 N–H and O–H groups in total. The molecule has 1 aliphatic heterocycles. The molecule has 116 valence electrons. The Morgan fingerprint density at radius 2 is 1.95 bits per heavy atom. The van der Waals surface area contributed by atoms with Crippen LogP contribution in [0.2, 0.25) is 5.02 Å². The molecule has 0 spiro atoms. The summed E-state index contributed by atoms with van der Waals surface area (Å²) >= 11 is 5.98. The first-order valence-corrected chi connectivity index (χ1v) is 8.16. The van der Waals surface area contributed by atoms with Crippen LogP contribution in [-0.2, 0) is 4.79 Å². The van der Waals surface area contributed by atoms with E-state index in [-0.39, 0.29) is 18.1 Å². The molecule has 0 saturated carbocycles. The first-order chi connectivity index (χ1) is 9.92. The van der Waals surface area contributed by atoms with Crippen LogP contribution in [0.4, 0.5) is 0 Å². The second-order valence-corrected chi connectivity index (χ2v) is 6.57. The van der Waals surface area contributed by atoms with Gasteiger partial charge in [-0.2, -0.15) is 0 Å². The fourth-order valence-corrected chi connectivity index (χ4v) is 3.12. The summed E-state index contributed by atoms with van der Waals surface area (Å²) in [6, 6.07) is 7.99. The Kier molecular flexibility index (Phi) is 4.95. The van der Waals surface area contributed by atoms with Crippen molar-refractivity contribution in [3.63, 3.8) is 0 Å². The summed E-state index contributed by atoms with van der Waals surface area (Å²) in [4.78, 5) is 14.9. The molecule has 1 aromatic rings. The van der Waals surface area contributed by atoms with E-state index in [1.54, 1.807) is 0 Å². The summed E-state index contributed by atoms with van der Waals surface area (Å²) in [5.41, 5.74) is 0.611. The maximum Gasteiger partial charge on any atom is 0.244 e. The van der Waals surface area contributed by atoms with Crippen molar-refractivity contribution in [2.24, 2.45) is 0 Å². The molecule has 3 unspecified atom stereocenters. The van der Waals surface area contributed by atoms with Crippen LogP contribution in [0, 0.1) is 0 Å². The summed E-state index contributed by atoms with van der Waals surface area (Å²) in [6.07, 6.45) is 2.80. The molecule has 1 amide bonds. The minimum absolute atomic E-state index is 0.0683. The number of hydrogen-bond acceptors (Lipinski definition) is 2. The lowest BCUT2D eigenvalue weighted by Crippen LogP contribution is -2.44. The van der Waals surface area contributed by atoms with E-state index in [1.807, 2.05) is 36.1 Å². The van der Waals surface area contributed by atoms with Gasteiger partial charge in [-0.15, -0.1) is 0 Å². The molecule has 0 radical (unpaired) electrons. The second kappa shape index (κ2) is 6.37. The lowest BCUT2D eigenvalue weighted by Gasteiger charge is -2.30. The predicted molar refractivity (Wildman–Crippen MR) is 87.2 cm³/mol. The van der Waals surface area contributed by atoms with Gasteiger partial charge in [0.15, 0.2) is 0 Å². The van der Waals surface area contributed by atoms with Crippen molar-refractivity contribution in [1.29, 1.82) is 0 Å². The average molecular weight is 309 g/mol. The Balaban J connectivity index is 2.36. The molecule has 3 nitrogen and oxygen atoms in total. The van der Waals surface area contributed by atoms with Crippen LogP contribution >= 0.6 is 11.6 Å². The van der Waals surface area contributed by atoms with Gasteiger partial charge in [0.1, 0.15) is 6.17 Å². The Hall–Kier alpha value is -1.06. The molecule has 1 saturated heterocycles. The lowest BCUT2D eigenvalue weighted by atomic mass is 9.99. The zero-order chi connectivity index (χ0) is 15.6. The molecular weight excluding hydrogens is 284 g/mol. The van der Waals surface area contributed by atoms with Crippen molar-refractivity contribution in [3.05, 3.63) is 34.9 Å². The average Bonchev–Trinajstić information content (AvgIpc) is 2.73. The van der Waals surface area contributed by atoms with Gasteiger partial charge in [-0.1, -0.05) is 44.0 Å². The van der Waals surface area contributed by atoms with Crippen molar-refractivity contribution in [2.75, 3.05) is 0 Å². The highest BCUT2D eigenvalue weighted by molar-refractivity contribution is 6.30. The third-order valence-corrected chi connectivity index (χ3v) is 4.77. The van der Waals surface area contributed by atoms with Crippen LogP contribution < -0.4 is 5.32 Å². The predicted octanol–water partition coefficient (Wildman–Crippen LogP) is 4.13. The quantitative estimate of drug-likeness (QED) is 0.887. The molecule has 0 aliphatic carbocycles. The number of benzene rings is 1. The van der Waals surface area contributed by atoms with Crippen LogP contribution in [0.25, 0.3) is 0 Å². The third-order valence-electron chi connectivity index (χ3n) is 4.51. The highest BCUT2D eigenvalue weighted by Gasteiger charge is 2.48. The van der Waals surface area contributed by atoms with Gasteiger partial charge < -0.3 is 4.90 Å². The lowest BCUT2D eigenvalue weighted by molar-refractivity contribution is -0.135. The number of nitrogens with zero attached hydrogens (tertiary/aromatic N) is 1. The van der Waals surface area contributed by atoms with Gasteiger partial charge in [0.25, 0.3) is 0 Å². The Bertz CT molecular complexity index is 502. The molecule has 1 heterocycles. The molecule has 2 rings (SSSR count). The molecule has 1 aromatic carbocycles. The van der Waals surface area contributed by atoms with E-state index >= 15 is 0 Å². The van der Waals surface area contributed by atoms with Gasteiger partial charge in [0.2, 0.25) is 5.91 Å². The normalized spacial score (nSPS) is 27.2. The van der Waals surface area contributed by atoms with Crippen molar-refractivity contribution in [3.8, 4) is 0 Å². The van der Waals surface area contributed by atoms with Crippen molar-refractivity contribution < 1.29 is 4.79 Å². The number of halogens is 1. The molecule has 21 heavy (non-hydrogen) atoms. The van der Waals surface area contributed by atoms with Crippen LogP contribution in [0.1, 0.15) is 58.7 Å². The van der Waals surface area contributed by atoms with Crippen LogP contribution in [0.3, 0.4) is 0 Å². The van der Waals surface area contributed by atoms with Gasteiger partial charge in [-0.05, 0) is 44.4 Å². The van der Waals surface area contributed by atoms with Gasteiger partial charge in [-0.3, -0.25) is 10.1 Å². The van der Waals surface area contributed by atoms with E-state index < -0.39 is 5.54 Å². The van der Waals surface area contributed by atoms with Crippen LogP contribution in [-0.4, -0.2) is 22.4 Å². The molecule has 0 aromatic heterocycles. The van der Waals surface area contributed by atoms with Gasteiger partial charge in [-0.25, -0.2) is 0 Å². The number of hydrogen-bond donors (Lipinski definition) is 1. The third kappa shape index (κ3) is 3.09. The number of carbonyl (C=O) groups is 1. The molecular formula is C17H25ClN2O. The monoisotopic (exact) mass is 308 g/mol. The van der Waals surface area contributed by atoms with E-state index in [0.717, 1.165) is 29.8 Å². The van der Waals surface area contributed by atoms with Gasteiger partial charge >= 0.3 is 0 Å². The number of amides is 1. The Morgan fingerprint density at radius 1 is 1.33 bits per heavy atom. The van der Waals surface area contributed by atoms with E-state index in [4.69, 9.17) is 11.6 Å². The summed E-state index contributed by atoms with van der Waals surface area (Å²) in [5, 5.41) is 4.24. The smallest absolute Gasteiger partial charge is 0.244 e. The minimum Gasteiger partial charge on any atom is -0.319 e. The van der Waals surface area contributed by atoms with E-state index in [2.05, 4.69) is 26.1 Å². The summed E-state index contributed by atoms with van der Waals surface area (Å²) in [6.45, 7) is 8.34.